The summed E-state index contributed by atoms with van der Waals surface area (Å²) in [5, 5.41) is 10.2. The lowest BCUT2D eigenvalue weighted by molar-refractivity contribution is -0.312. The molecule has 1 fully saturated rings. The Balaban J connectivity index is 0.000000239. The molecule has 1 aliphatic rings. The first kappa shape index (κ1) is 22.2. The van der Waals surface area contributed by atoms with Crippen LogP contribution in [0.4, 0.5) is 0 Å². The largest absolute Gasteiger partial charge is 0.550 e. The van der Waals surface area contributed by atoms with Crippen LogP contribution in [-0.4, -0.2) is 5.97 Å². The van der Waals surface area contributed by atoms with Gasteiger partial charge in [-0.3, -0.25) is 0 Å². The summed E-state index contributed by atoms with van der Waals surface area (Å²) in [5.41, 5.74) is 2.61. The van der Waals surface area contributed by atoms with E-state index in [9.17, 15) is 9.90 Å². The number of hydrogen-bond acceptors (Lipinski definition) is 2. The van der Waals surface area contributed by atoms with Gasteiger partial charge in [-0.2, -0.15) is 0 Å². The van der Waals surface area contributed by atoms with Crippen molar-refractivity contribution in [3.63, 3.8) is 0 Å². The summed E-state index contributed by atoms with van der Waals surface area (Å²) in [6.07, 6.45) is 5.01. The third-order valence-corrected chi connectivity index (χ3v) is 7.66. The Hall–Kier alpha value is -2.52. The van der Waals surface area contributed by atoms with Crippen LogP contribution in [0.5, 0.6) is 0 Å². The fourth-order valence-electron chi connectivity index (χ4n) is 3.65. The molecule has 0 N–H and O–H groups in total. The van der Waals surface area contributed by atoms with Crippen molar-refractivity contribution >= 4 is 16.9 Å². The summed E-state index contributed by atoms with van der Waals surface area (Å²) in [7, 11) is -0.0312. The average molecular weight is 419 g/mol. The molecule has 0 aromatic heterocycles. The molecule has 2 nitrogen and oxygen atoms in total. The summed E-state index contributed by atoms with van der Waals surface area (Å²) in [6, 6.07) is 28.6. The summed E-state index contributed by atoms with van der Waals surface area (Å²) in [5.74, 6) is -0.992. The molecule has 0 spiro atoms. The fraction of sp³-hybridized carbons (Fsp3) is 0.296. The van der Waals surface area contributed by atoms with E-state index in [-0.39, 0.29) is 16.8 Å². The standard InChI is InChI=1S/C20H19S.C7H12O2/c1-16-8-12-19(13-9-16)21(18-6-4-3-5-7-18)20-14-10-17(2)11-15-20;8-7(9)6-4-2-1-3-5-6/h3-15H,1-2H3;6H,1-5H2,(H,8,9)/q+1;/p-1. The van der Waals surface area contributed by atoms with Gasteiger partial charge in [-0.05, 0) is 69.0 Å². The van der Waals surface area contributed by atoms with Gasteiger partial charge in [-0.25, -0.2) is 0 Å². The monoisotopic (exact) mass is 418 g/mol. The molecule has 4 rings (SSSR count). The molecule has 3 heteroatoms. The topological polar surface area (TPSA) is 40.1 Å². The van der Waals surface area contributed by atoms with Crippen molar-refractivity contribution in [2.75, 3.05) is 0 Å². The first-order valence-corrected chi connectivity index (χ1v) is 11.9. The van der Waals surface area contributed by atoms with Crippen LogP contribution in [0.25, 0.3) is 0 Å². The highest BCUT2D eigenvalue weighted by atomic mass is 32.2. The van der Waals surface area contributed by atoms with Crippen LogP contribution in [0.15, 0.2) is 93.5 Å². The Labute approximate surface area is 183 Å². The lowest BCUT2D eigenvalue weighted by Crippen LogP contribution is -2.32. The first-order valence-electron chi connectivity index (χ1n) is 10.7. The van der Waals surface area contributed by atoms with E-state index >= 15 is 0 Å². The van der Waals surface area contributed by atoms with E-state index in [4.69, 9.17) is 0 Å². The van der Waals surface area contributed by atoms with Gasteiger partial charge in [0.05, 0.1) is 10.9 Å². The molecule has 3 aromatic rings. The van der Waals surface area contributed by atoms with Crippen molar-refractivity contribution in [3.8, 4) is 0 Å². The highest BCUT2D eigenvalue weighted by molar-refractivity contribution is 7.97. The molecule has 0 aliphatic heterocycles. The molecule has 30 heavy (non-hydrogen) atoms. The van der Waals surface area contributed by atoms with Gasteiger partial charge in [0.15, 0.2) is 14.7 Å². The number of carboxylic acid groups (broad SMARTS) is 1. The number of aryl methyl sites for hydroxylation is 2. The van der Waals surface area contributed by atoms with Gasteiger partial charge in [0.25, 0.3) is 0 Å². The molecule has 0 amide bonds. The predicted molar refractivity (Wildman–Crippen MR) is 123 cm³/mol. The molecule has 3 aromatic carbocycles. The summed E-state index contributed by atoms with van der Waals surface area (Å²) >= 11 is 0. The number of hydrogen-bond donors (Lipinski definition) is 0. The van der Waals surface area contributed by atoms with Crippen LogP contribution in [0.2, 0.25) is 0 Å². The molecule has 0 heterocycles. The van der Waals surface area contributed by atoms with Gasteiger partial charge in [-0.15, -0.1) is 0 Å². The zero-order valence-corrected chi connectivity index (χ0v) is 18.7. The fourth-order valence-corrected chi connectivity index (χ4v) is 5.71. The van der Waals surface area contributed by atoms with Gasteiger partial charge in [-0.1, -0.05) is 72.9 Å². The minimum atomic E-state index is -0.852. The van der Waals surface area contributed by atoms with E-state index in [1.165, 1.54) is 32.2 Å². The molecule has 0 radical (unpaired) electrons. The van der Waals surface area contributed by atoms with Crippen molar-refractivity contribution in [1.82, 2.24) is 0 Å². The SMILES string of the molecule is Cc1ccc([S+](c2ccccc2)c2ccc(C)cc2)cc1.O=C([O-])C1CCCCC1. The van der Waals surface area contributed by atoms with Crippen LogP contribution < -0.4 is 5.11 Å². The molecule has 0 bridgehead atoms. The second-order valence-corrected chi connectivity index (χ2v) is 9.93. The Morgan fingerprint density at radius 3 is 1.53 bits per heavy atom. The number of benzene rings is 3. The van der Waals surface area contributed by atoms with Gasteiger partial charge < -0.3 is 9.90 Å². The van der Waals surface area contributed by atoms with E-state index in [0.29, 0.717) is 0 Å². The van der Waals surface area contributed by atoms with Crippen LogP contribution >= 0.6 is 0 Å². The van der Waals surface area contributed by atoms with Crippen molar-refractivity contribution in [2.45, 2.75) is 60.6 Å². The van der Waals surface area contributed by atoms with Crippen LogP contribution in [0.1, 0.15) is 43.2 Å². The highest BCUT2D eigenvalue weighted by Gasteiger charge is 2.28. The number of carboxylic acids is 1. The van der Waals surface area contributed by atoms with Crippen molar-refractivity contribution in [3.05, 3.63) is 90.0 Å². The zero-order chi connectivity index (χ0) is 21.3. The molecule has 1 saturated carbocycles. The second-order valence-electron chi connectivity index (χ2n) is 7.90. The van der Waals surface area contributed by atoms with E-state index in [1.54, 1.807) is 0 Å². The Morgan fingerprint density at radius 2 is 1.13 bits per heavy atom. The van der Waals surface area contributed by atoms with E-state index in [2.05, 4.69) is 92.7 Å². The molecule has 156 valence electrons. The van der Waals surface area contributed by atoms with E-state index < -0.39 is 5.97 Å². The van der Waals surface area contributed by atoms with Gasteiger partial charge in [0.1, 0.15) is 0 Å². The van der Waals surface area contributed by atoms with Gasteiger partial charge >= 0.3 is 0 Å². The van der Waals surface area contributed by atoms with E-state index in [0.717, 1.165) is 25.7 Å². The van der Waals surface area contributed by atoms with Crippen LogP contribution in [-0.2, 0) is 15.7 Å². The van der Waals surface area contributed by atoms with Gasteiger partial charge in [0.2, 0.25) is 0 Å². The third kappa shape index (κ3) is 6.24. The predicted octanol–water partition coefficient (Wildman–Crippen LogP) is 5.72. The highest BCUT2D eigenvalue weighted by Crippen LogP contribution is 2.31. The first-order chi connectivity index (χ1) is 14.5. The number of rotatable bonds is 4. The summed E-state index contributed by atoms with van der Waals surface area (Å²) in [4.78, 5) is 14.4. The maximum Gasteiger partial charge on any atom is 0.166 e. The van der Waals surface area contributed by atoms with Crippen LogP contribution in [0, 0.1) is 19.8 Å². The molecule has 0 atom stereocenters. The van der Waals surface area contributed by atoms with Crippen molar-refractivity contribution in [1.29, 1.82) is 0 Å². The minimum Gasteiger partial charge on any atom is -0.550 e. The number of aliphatic carboxylic acids is 1. The third-order valence-electron chi connectivity index (χ3n) is 5.43. The molecular weight excluding hydrogens is 388 g/mol. The molecule has 0 saturated heterocycles. The summed E-state index contributed by atoms with van der Waals surface area (Å²) < 4.78 is 0. The number of carbonyl (C=O) groups is 1. The molecule has 1 aliphatic carbocycles. The quantitative estimate of drug-likeness (QED) is 0.509. The maximum atomic E-state index is 10.2. The Kier molecular flexibility index (Phi) is 8.15. The smallest absolute Gasteiger partial charge is 0.166 e. The summed E-state index contributed by atoms with van der Waals surface area (Å²) in [6.45, 7) is 4.27. The van der Waals surface area contributed by atoms with Crippen molar-refractivity contribution in [2.24, 2.45) is 5.92 Å². The normalized spacial score (nSPS) is 14.1. The van der Waals surface area contributed by atoms with E-state index in [1.807, 2.05) is 0 Å². The van der Waals surface area contributed by atoms with Crippen molar-refractivity contribution < 1.29 is 9.90 Å². The lowest BCUT2D eigenvalue weighted by Gasteiger charge is -2.21. The zero-order valence-electron chi connectivity index (χ0n) is 17.8. The van der Waals surface area contributed by atoms with Gasteiger partial charge in [0, 0.05) is 5.97 Å². The maximum absolute atomic E-state index is 10.2. The molecular formula is C27H30O2S. The second kappa shape index (κ2) is 11.0. The minimum absolute atomic E-state index is 0.0312. The van der Waals surface area contributed by atoms with Crippen LogP contribution in [0.3, 0.4) is 0 Å². The average Bonchev–Trinajstić information content (AvgIpc) is 2.78. The Morgan fingerprint density at radius 1 is 0.700 bits per heavy atom. The lowest BCUT2D eigenvalue weighted by atomic mass is 9.90. The molecule has 0 unspecified atom stereocenters. The Bertz CT molecular complexity index is 866. The number of carbonyl (C=O) groups excluding carboxylic acids is 1.